The summed E-state index contributed by atoms with van der Waals surface area (Å²) in [4.78, 5) is 32.2. The maximum absolute atomic E-state index is 14.0. The largest absolute Gasteiger partial charge is 0.352 e. The fourth-order valence-corrected chi connectivity index (χ4v) is 3.99. The molecule has 1 aromatic carbocycles. The molecule has 1 saturated heterocycles. The predicted molar refractivity (Wildman–Crippen MR) is 116 cm³/mol. The third kappa shape index (κ3) is 4.80. The average Bonchev–Trinajstić information content (AvgIpc) is 2.79. The fraction of sp³-hybridized carbons (Fsp3) is 0.318. The fourth-order valence-electron chi connectivity index (χ4n) is 3.89. The lowest BCUT2D eigenvalue weighted by molar-refractivity contribution is 0.0540. The standard InChI is InChI=1S/C22H22ClFN6O/c1-14-4-2-9-30(19(14)13-29-22-27-11-15(23)12-28-22)21(31)17-6-5-16(24)10-18(17)20-25-7-3-8-26-20/h3,5-8,10-12,14,19H,2,4,9,13H2,1H3,(H,27,28,29)/t14-,19-/m1/s1. The molecule has 0 radical (unpaired) electrons. The highest BCUT2D eigenvalue weighted by Crippen LogP contribution is 2.29. The molecule has 4 rings (SSSR count). The molecular formula is C22H22ClFN6O. The Balaban J connectivity index is 1.61. The van der Waals surface area contributed by atoms with Gasteiger partial charge in [0.25, 0.3) is 5.91 Å². The first-order valence-electron chi connectivity index (χ1n) is 10.1. The van der Waals surface area contributed by atoms with Crippen LogP contribution < -0.4 is 5.32 Å². The Labute approximate surface area is 184 Å². The molecule has 2 aromatic heterocycles. The number of likely N-dealkylation sites (tertiary alicyclic amines) is 1. The molecule has 0 spiro atoms. The van der Waals surface area contributed by atoms with Crippen molar-refractivity contribution in [2.75, 3.05) is 18.4 Å². The number of nitrogens with one attached hydrogen (secondary N) is 1. The molecule has 0 unspecified atom stereocenters. The Morgan fingerprint density at radius 3 is 2.71 bits per heavy atom. The van der Waals surface area contributed by atoms with Crippen LogP contribution in [0.25, 0.3) is 11.4 Å². The summed E-state index contributed by atoms with van der Waals surface area (Å²) in [5, 5.41) is 3.66. The highest BCUT2D eigenvalue weighted by Gasteiger charge is 2.33. The minimum atomic E-state index is -0.441. The van der Waals surface area contributed by atoms with Gasteiger partial charge in [0.15, 0.2) is 5.82 Å². The van der Waals surface area contributed by atoms with Crippen molar-refractivity contribution in [3.63, 3.8) is 0 Å². The zero-order valence-corrected chi connectivity index (χ0v) is 17.8. The molecule has 160 valence electrons. The summed E-state index contributed by atoms with van der Waals surface area (Å²) in [6, 6.07) is 5.72. The molecule has 3 aromatic rings. The van der Waals surface area contributed by atoms with Gasteiger partial charge in [-0.3, -0.25) is 4.79 Å². The SMILES string of the molecule is C[C@@H]1CCCN(C(=O)c2ccc(F)cc2-c2ncccn2)[C@@H]1CNc1ncc(Cl)cn1. The van der Waals surface area contributed by atoms with E-state index in [0.717, 1.165) is 12.8 Å². The van der Waals surface area contributed by atoms with Gasteiger partial charge < -0.3 is 10.2 Å². The number of carbonyl (C=O) groups is 1. The third-order valence-electron chi connectivity index (χ3n) is 5.48. The lowest BCUT2D eigenvalue weighted by Crippen LogP contribution is -2.51. The van der Waals surface area contributed by atoms with Crippen molar-refractivity contribution in [1.82, 2.24) is 24.8 Å². The van der Waals surface area contributed by atoms with Gasteiger partial charge in [-0.2, -0.15) is 0 Å². The first-order chi connectivity index (χ1) is 15.0. The van der Waals surface area contributed by atoms with Crippen molar-refractivity contribution in [3.8, 4) is 11.4 Å². The van der Waals surface area contributed by atoms with Crippen molar-refractivity contribution >= 4 is 23.5 Å². The Morgan fingerprint density at radius 1 is 1.23 bits per heavy atom. The number of carbonyl (C=O) groups excluding carboxylic acids is 1. The zero-order chi connectivity index (χ0) is 21.8. The quantitative estimate of drug-likeness (QED) is 0.643. The summed E-state index contributed by atoms with van der Waals surface area (Å²) in [6.45, 7) is 3.23. The molecule has 3 heterocycles. The highest BCUT2D eigenvalue weighted by atomic mass is 35.5. The van der Waals surface area contributed by atoms with Crippen molar-refractivity contribution < 1.29 is 9.18 Å². The van der Waals surface area contributed by atoms with Gasteiger partial charge in [0.1, 0.15) is 5.82 Å². The zero-order valence-electron chi connectivity index (χ0n) is 17.0. The number of benzene rings is 1. The van der Waals surface area contributed by atoms with Crippen molar-refractivity contribution in [2.24, 2.45) is 5.92 Å². The van der Waals surface area contributed by atoms with Crippen LogP contribution >= 0.6 is 11.6 Å². The second-order valence-corrected chi connectivity index (χ2v) is 7.99. The Morgan fingerprint density at radius 2 is 1.97 bits per heavy atom. The number of aromatic nitrogens is 4. The van der Waals surface area contributed by atoms with Gasteiger partial charge in [-0.05, 0) is 43.0 Å². The highest BCUT2D eigenvalue weighted by molar-refractivity contribution is 6.30. The molecule has 9 heteroatoms. The third-order valence-corrected chi connectivity index (χ3v) is 5.68. The topological polar surface area (TPSA) is 83.9 Å². The molecule has 1 aliphatic rings. The van der Waals surface area contributed by atoms with E-state index in [1.807, 2.05) is 4.90 Å². The maximum atomic E-state index is 14.0. The first-order valence-corrected chi connectivity index (χ1v) is 10.5. The van der Waals surface area contributed by atoms with Crippen LogP contribution in [0, 0.1) is 11.7 Å². The van der Waals surface area contributed by atoms with Gasteiger partial charge in [-0.25, -0.2) is 24.3 Å². The molecule has 1 N–H and O–H groups in total. The first kappa shape index (κ1) is 21.1. The van der Waals surface area contributed by atoms with Crippen LogP contribution in [0.5, 0.6) is 0 Å². The number of halogens is 2. The van der Waals surface area contributed by atoms with Gasteiger partial charge >= 0.3 is 0 Å². The summed E-state index contributed by atoms with van der Waals surface area (Å²) in [7, 11) is 0. The lowest BCUT2D eigenvalue weighted by Gasteiger charge is -2.40. The normalized spacial score (nSPS) is 18.6. The number of piperidine rings is 1. The molecule has 31 heavy (non-hydrogen) atoms. The second kappa shape index (κ2) is 9.34. The van der Waals surface area contributed by atoms with E-state index in [0.29, 0.717) is 41.0 Å². The van der Waals surface area contributed by atoms with Gasteiger partial charge in [0.05, 0.1) is 29.0 Å². The number of nitrogens with zero attached hydrogens (tertiary/aromatic N) is 5. The predicted octanol–water partition coefficient (Wildman–Crippen LogP) is 4.08. The summed E-state index contributed by atoms with van der Waals surface area (Å²) >= 11 is 5.85. The summed E-state index contributed by atoms with van der Waals surface area (Å²) in [6.07, 6.45) is 8.10. The van der Waals surface area contributed by atoms with Gasteiger partial charge in [0, 0.05) is 31.0 Å². The minimum Gasteiger partial charge on any atom is -0.352 e. The van der Waals surface area contributed by atoms with E-state index in [-0.39, 0.29) is 17.9 Å². The van der Waals surface area contributed by atoms with Gasteiger partial charge in [-0.1, -0.05) is 18.5 Å². The Hall–Kier alpha value is -3.13. The average molecular weight is 441 g/mol. The molecular weight excluding hydrogens is 419 g/mol. The van der Waals surface area contributed by atoms with Gasteiger partial charge in [-0.15, -0.1) is 0 Å². The van der Waals surface area contributed by atoms with E-state index in [1.165, 1.54) is 30.6 Å². The summed E-state index contributed by atoms with van der Waals surface area (Å²) < 4.78 is 14.0. The molecule has 0 saturated carbocycles. The second-order valence-electron chi connectivity index (χ2n) is 7.55. The van der Waals surface area contributed by atoms with Crippen molar-refractivity contribution in [2.45, 2.75) is 25.8 Å². The summed E-state index contributed by atoms with van der Waals surface area (Å²) in [5.41, 5.74) is 0.769. The van der Waals surface area contributed by atoms with E-state index in [2.05, 4.69) is 32.2 Å². The molecule has 1 fully saturated rings. The Bertz CT molecular complexity index is 1050. The molecule has 0 aliphatic carbocycles. The monoisotopic (exact) mass is 440 g/mol. The van der Waals surface area contributed by atoms with Crippen LogP contribution in [0.4, 0.5) is 10.3 Å². The molecule has 1 aliphatic heterocycles. The number of rotatable bonds is 5. The number of hydrogen-bond donors (Lipinski definition) is 1. The number of amides is 1. The number of anilines is 1. The van der Waals surface area contributed by atoms with E-state index in [4.69, 9.17) is 11.6 Å². The van der Waals surface area contributed by atoms with Gasteiger partial charge in [0.2, 0.25) is 5.95 Å². The number of hydrogen-bond acceptors (Lipinski definition) is 6. The molecule has 1 amide bonds. The molecule has 7 nitrogen and oxygen atoms in total. The van der Waals surface area contributed by atoms with Crippen LogP contribution in [0.3, 0.4) is 0 Å². The minimum absolute atomic E-state index is 0.0740. The van der Waals surface area contributed by atoms with Crippen LogP contribution in [0.2, 0.25) is 5.02 Å². The van der Waals surface area contributed by atoms with E-state index >= 15 is 0 Å². The van der Waals surface area contributed by atoms with Crippen LogP contribution in [-0.4, -0.2) is 49.9 Å². The lowest BCUT2D eigenvalue weighted by atomic mass is 9.89. The molecule has 0 bridgehead atoms. The smallest absolute Gasteiger partial charge is 0.254 e. The van der Waals surface area contributed by atoms with E-state index < -0.39 is 5.82 Å². The van der Waals surface area contributed by atoms with E-state index in [9.17, 15) is 9.18 Å². The maximum Gasteiger partial charge on any atom is 0.254 e. The summed E-state index contributed by atoms with van der Waals surface area (Å²) in [5.74, 6) is 0.436. The van der Waals surface area contributed by atoms with Crippen LogP contribution in [0.1, 0.15) is 30.1 Å². The van der Waals surface area contributed by atoms with Crippen LogP contribution in [-0.2, 0) is 0 Å². The van der Waals surface area contributed by atoms with Crippen molar-refractivity contribution in [3.05, 3.63) is 65.5 Å². The molecule has 2 atom stereocenters. The Kier molecular flexibility index (Phi) is 6.36. The van der Waals surface area contributed by atoms with Crippen molar-refractivity contribution in [1.29, 1.82) is 0 Å². The van der Waals surface area contributed by atoms with Crippen LogP contribution in [0.15, 0.2) is 49.1 Å². The van der Waals surface area contributed by atoms with E-state index in [1.54, 1.807) is 18.5 Å².